The summed E-state index contributed by atoms with van der Waals surface area (Å²) in [5.41, 5.74) is 1.73. The summed E-state index contributed by atoms with van der Waals surface area (Å²) < 4.78 is 12.7. The number of benzene rings is 2. The third-order valence-corrected chi connectivity index (χ3v) is 6.28. The maximum atomic E-state index is 11.4. The summed E-state index contributed by atoms with van der Waals surface area (Å²) in [4.78, 5) is 11.4. The first-order valence-corrected chi connectivity index (χ1v) is 9.62. The van der Waals surface area contributed by atoms with Gasteiger partial charge in [0.1, 0.15) is 11.4 Å². The lowest BCUT2D eigenvalue weighted by Gasteiger charge is -2.50. The SMILES string of the molecule is C[C@@H]1O[C@@H]2c3cc(C(=O)O)ccc3OC(C)(C)[C@H]2C[C@H]1c1ccccc1Cl. The Morgan fingerprint density at radius 3 is 2.63 bits per heavy atom. The number of aromatic carboxylic acids is 1. The lowest BCUT2D eigenvalue weighted by atomic mass is 9.70. The quantitative estimate of drug-likeness (QED) is 0.744. The van der Waals surface area contributed by atoms with Gasteiger partial charge in [-0.3, -0.25) is 0 Å². The van der Waals surface area contributed by atoms with Crippen LogP contribution in [0, 0.1) is 5.92 Å². The summed E-state index contributed by atoms with van der Waals surface area (Å²) in [6.45, 7) is 6.21. The number of fused-ring (bicyclic) bond motifs is 3. The minimum atomic E-state index is -0.947. The third-order valence-electron chi connectivity index (χ3n) is 5.94. The minimum absolute atomic E-state index is 0.0404. The van der Waals surface area contributed by atoms with E-state index in [0.717, 1.165) is 22.6 Å². The van der Waals surface area contributed by atoms with Crippen LogP contribution in [-0.4, -0.2) is 22.8 Å². The molecule has 4 rings (SSSR count). The van der Waals surface area contributed by atoms with Crippen LogP contribution in [0.5, 0.6) is 5.75 Å². The lowest BCUT2D eigenvalue weighted by Crippen LogP contribution is -2.50. The zero-order valence-corrected chi connectivity index (χ0v) is 16.4. The molecule has 0 amide bonds. The van der Waals surface area contributed by atoms with Crippen molar-refractivity contribution in [3.05, 3.63) is 64.2 Å². The van der Waals surface area contributed by atoms with Crippen LogP contribution in [-0.2, 0) is 4.74 Å². The predicted octanol–water partition coefficient (Wildman–Crippen LogP) is 5.46. The van der Waals surface area contributed by atoms with Crippen molar-refractivity contribution in [3.63, 3.8) is 0 Å². The summed E-state index contributed by atoms with van der Waals surface area (Å²) in [6, 6.07) is 12.9. The maximum absolute atomic E-state index is 11.4. The molecule has 2 aromatic carbocycles. The Morgan fingerprint density at radius 2 is 1.93 bits per heavy atom. The first kappa shape index (κ1) is 18.3. The molecule has 0 aromatic heterocycles. The predicted molar refractivity (Wildman–Crippen MR) is 104 cm³/mol. The molecule has 0 unspecified atom stereocenters. The van der Waals surface area contributed by atoms with Crippen LogP contribution < -0.4 is 4.74 Å². The van der Waals surface area contributed by atoms with Crippen molar-refractivity contribution < 1.29 is 19.4 Å². The second-order valence-electron chi connectivity index (χ2n) is 8.00. The van der Waals surface area contributed by atoms with Crippen LogP contribution in [0.2, 0.25) is 5.02 Å². The molecule has 5 heteroatoms. The molecule has 2 heterocycles. The van der Waals surface area contributed by atoms with Crippen molar-refractivity contribution in [2.75, 3.05) is 0 Å². The van der Waals surface area contributed by atoms with E-state index in [9.17, 15) is 9.90 Å². The number of carbonyl (C=O) groups is 1. The first-order valence-electron chi connectivity index (χ1n) is 9.24. The highest BCUT2D eigenvalue weighted by atomic mass is 35.5. The van der Waals surface area contributed by atoms with E-state index in [-0.39, 0.29) is 29.6 Å². The van der Waals surface area contributed by atoms with E-state index in [4.69, 9.17) is 21.1 Å². The summed E-state index contributed by atoms with van der Waals surface area (Å²) in [5, 5.41) is 10.1. The first-order chi connectivity index (χ1) is 12.8. The summed E-state index contributed by atoms with van der Waals surface area (Å²) in [5.74, 6) is 0.00479. The zero-order chi connectivity index (χ0) is 19.3. The van der Waals surface area contributed by atoms with Gasteiger partial charge in [0, 0.05) is 22.4 Å². The number of hydrogen-bond acceptors (Lipinski definition) is 3. The van der Waals surface area contributed by atoms with Crippen molar-refractivity contribution >= 4 is 17.6 Å². The smallest absolute Gasteiger partial charge is 0.335 e. The minimum Gasteiger partial charge on any atom is -0.487 e. The number of hydrogen-bond donors (Lipinski definition) is 1. The van der Waals surface area contributed by atoms with E-state index in [0.29, 0.717) is 5.75 Å². The molecule has 4 atom stereocenters. The number of halogens is 1. The topological polar surface area (TPSA) is 55.8 Å². The van der Waals surface area contributed by atoms with Gasteiger partial charge in [0.2, 0.25) is 0 Å². The van der Waals surface area contributed by atoms with Gasteiger partial charge in [-0.25, -0.2) is 4.79 Å². The van der Waals surface area contributed by atoms with Crippen molar-refractivity contribution in [1.82, 2.24) is 0 Å². The van der Waals surface area contributed by atoms with E-state index in [1.54, 1.807) is 18.2 Å². The van der Waals surface area contributed by atoms with Crippen LogP contribution in [0.3, 0.4) is 0 Å². The summed E-state index contributed by atoms with van der Waals surface area (Å²) in [6.07, 6.45) is 0.623. The molecule has 0 radical (unpaired) electrons. The molecule has 0 aliphatic carbocycles. The molecule has 4 nitrogen and oxygen atoms in total. The Morgan fingerprint density at radius 1 is 1.19 bits per heavy atom. The molecule has 0 saturated carbocycles. The van der Waals surface area contributed by atoms with Crippen LogP contribution in [0.15, 0.2) is 42.5 Å². The van der Waals surface area contributed by atoms with Gasteiger partial charge in [0.15, 0.2) is 0 Å². The molecule has 1 N–H and O–H groups in total. The average molecular weight is 387 g/mol. The molecular weight excluding hydrogens is 364 g/mol. The molecule has 27 heavy (non-hydrogen) atoms. The standard InChI is InChI=1S/C22H23ClO4/c1-12-15(14-6-4-5-7-18(14)23)11-17-20(26-12)16-10-13(21(24)25)8-9-19(16)27-22(17,2)3/h4-10,12,15,17,20H,11H2,1-3H3,(H,24,25)/t12-,15+,17-,20+/m0/s1. The molecule has 2 aliphatic heterocycles. The van der Waals surface area contributed by atoms with E-state index < -0.39 is 11.6 Å². The summed E-state index contributed by atoms with van der Waals surface area (Å²) >= 11 is 6.45. The van der Waals surface area contributed by atoms with E-state index >= 15 is 0 Å². The molecule has 1 saturated heterocycles. The molecular formula is C22H23ClO4. The fourth-order valence-corrected chi connectivity index (χ4v) is 4.74. The Hall–Kier alpha value is -2.04. The van der Waals surface area contributed by atoms with E-state index in [1.807, 2.05) is 18.2 Å². The second-order valence-corrected chi connectivity index (χ2v) is 8.40. The fourth-order valence-electron chi connectivity index (χ4n) is 4.46. The summed E-state index contributed by atoms with van der Waals surface area (Å²) in [7, 11) is 0. The van der Waals surface area contributed by atoms with Gasteiger partial charge < -0.3 is 14.6 Å². The van der Waals surface area contributed by atoms with Gasteiger partial charge >= 0.3 is 5.97 Å². The Bertz CT molecular complexity index is 892. The molecule has 0 spiro atoms. The molecule has 0 bridgehead atoms. The fraction of sp³-hybridized carbons (Fsp3) is 0.409. The van der Waals surface area contributed by atoms with Crippen LogP contribution in [0.25, 0.3) is 0 Å². The molecule has 2 aromatic rings. The van der Waals surface area contributed by atoms with Gasteiger partial charge in [-0.15, -0.1) is 0 Å². The van der Waals surface area contributed by atoms with Crippen LogP contribution in [0.1, 0.15) is 60.7 Å². The van der Waals surface area contributed by atoms with Crippen molar-refractivity contribution in [2.45, 2.75) is 50.9 Å². The van der Waals surface area contributed by atoms with Crippen molar-refractivity contribution in [3.8, 4) is 5.75 Å². The Labute approximate surface area is 164 Å². The highest BCUT2D eigenvalue weighted by molar-refractivity contribution is 6.31. The number of carboxylic acids is 1. The highest BCUT2D eigenvalue weighted by Gasteiger charge is 2.50. The van der Waals surface area contributed by atoms with Gasteiger partial charge in [-0.05, 0) is 57.0 Å². The Kier molecular flexibility index (Phi) is 4.44. The van der Waals surface area contributed by atoms with Gasteiger partial charge in [0.05, 0.1) is 17.8 Å². The molecule has 142 valence electrons. The monoisotopic (exact) mass is 386 g/mol. The van der Waals surface area contributed by atoms with Crippen LogP contribution >= 0.6 is 11.6 Å². The van der Waals surface area contributed by atoms with Crippen molar-refractivity contribution in [2.24, 2.45) is 5.92 Å². The molecule has 1 fully saturated rings. The van der Waals surface area contributed by atoms with Gasteiger partial charge in [-0.1, -0.05) is 29.8 Å². The average Bonchev–Trinajstić information content (AvgIpc) is 2.61. The number of rotatable bonds is 2. The second kappa shape index (κ2) is 6.54. The lowest BCUT2D eigenvalue weighted by molar-refractivity contribution is -0.153. The van der Waals surface area contributed by atoms with Crippen molar-refractivity contribution in [1.29, 1.82) is 0 Å². The number of carboxylic acid groups (broad SMARTS) is 1. The third kappa shape index (κ3) is 3.11. The van der Waals surface area contributed by atoms with E-state index in [2.05, 4.69) is 26.8 Å². The van der Waals surface area contributed by atoms with Gasteiger partial charge in [-0.2, -0.15) is 0 Å². The van der Waals surface area contributed by atoms with Crippen LogP contribution in [0.4, 0.5) is 0 Å². The zero-order valence-electron chi connectivity index (χ0n) is 15.6. The largest absolute Gasteiger partial charge is 0.487 e. The van der Waals surface area contributed by atoms with E-state index in [1.165, 1.54) is 0 Å². The Balaban J connectivity index is 1.75. The maximum Gasteiger partial charge on any atom is 0.335 e. The normalized spacial score (nSPS) is 28.6. The highest BCUT2D eigenvalue weighted by Crippen LogP contribution is 2.54. The number of ether oxygens (including phenoxy) is 2. The van der Waals surface area contributed by atoms with Gasteiger partial charge in [0.25, 0.3) is 0 Å². The molecule has 2 aliphatic rings.